The number of hydrogen-bond acceptors (Lipinski definition) is 5. The molecule has 5 nitrogen and oxygen atoms in total. The number of hydrogen-bond donors (Lipinski definition) is 2. The van der Waals surface area contributed by atoms with Crippen molar-refractivity contribution in [1.29, 1.82) is 0 Å². The lowest BCUT2D eigenvalue weighted by Crippen LogP contribution is -3.15. The molecule has 0 bridgehead atoms. The molecule has 164 valence electrons. The van der Waals surface area contributed by atoms with E-state index in [1.54, 1.807) is 11.3 Å². The number of carbonyl (C=O) groups is 1. The Morgan fingerprint density at radius 3 is 2.62 bits per heavy atom. The van der Waals surface area contributed by atoms with E-state index in [1.807, 2.05) is 42.5 Å². The normalized spacial score (nSPS) is 15.7. The molecule has 1 amide bonds. The van der Waals surface area contributed by atoms with Crippen LogP contribution < -0.4 is 10.2 Å². The predicted molar refractivity (Wildman–Crippen MR) is 126 cm³/mol. The molecule has 0 saturated carbocycles. The summed E-state index contributed by atoms with van der Waals surface area (Å²) in [5.74, 6) is -0.350. The van der Waals surface area contributed by atoms with Crippen LogP contribution in [0.4, 0.5) is 4.39 Å². The number of benzene rings is 2. The zero-order chi connectivity index (χ0) is 21.9. The summed E-state index contributed by atoms with van der Waals surface area (Å²) in [4.78, 5) is 20.6. The molecule has 0 unspecified atom stereocenters. The number of aromatic nitrogens is 1. The van der Waals surface area contributed by atoms with Crippen LogP contribution in [0.5, 0.6) is 0 Å². The number of carbonyl (C=O) groups excluding carboxylic acids is 1. The maximum absolute atomic E-state index is 13.4. The Hall–Kier alpha value is -2.65. The molecule has 2 N–H and O–H groups in total. The van der Waals surface area contributed by atoms with Gasteiger partial charge >= 0.3 is 0 Å². The van der Waals surface area contributed by atoms with Crippen molar-refractivity contribution in [2.45, 2.75) is 6.04 Å². The van der Waals surface area contributed by atoms with Gasteiger partial charge in [0.1, 0.15) is 30.0 Å². The maximum Gasteiger partial charge on any atom is 0.261 e. The minimum Gasteiger partial charge on any atom is -0.370 e. The third kappa shape index (κ3) is 4.59. The smallest absolute Gasteiger partial charge is 0.261 e. The molecule has 0 spiro atoms. The molecule has 1 aliphatic heterocycles. The number of thiazole rings is 1. The molecule has 0 aliphatic carbocycles. The van der Waals surface area contributed by atoms with Gasteiger partial charge in [0.25, 0.3) is 5.91 Å². The number of para-hydroxylation sites is 1. The van der Waals surface area contributed by atoms with Crippen molar-refractivity contribution < 1.29 is 18.8 Å². The molecule has 2 aromatic heterocycles. The van der Waals surface area contributed by atoms with Crippen LogP contribution in [-0.2, 0) is 4.74 Å². The fraction of sp³-hybridized carbons (Fsp3) is 0.250. The van der Waals surface area contributed by atoms with E-state index in [1.165, 1.54) is 28.4 Å². The van der Waals surface area contributed by atoms with Crippen molar-refractivity contribution in [1.82, 2.24) is 10.3 Å². The van der Waals surface area contributed by atoms with Gasteiger partial charge in [-0.05, 0) is 36.4 Å². The fourth-order valence-electron chi connectivity index (χ4n) is 4.01. The Morgan fingerprint density at radius 2 is 1.84 bits per heavy atom. The SMILES string of the molecule is O=C(NC[C@H](c1ccc(F)cc1)[NH+]1CCOCC1)c1ccc(-c2nc3ccccc3s2)s1. The summed E-state index contributed by atoms with van der Waals surface area (Å²) in [5, 5.41) is 4.03. The van der Waals surface area contributed by atoms with E-state index in [4.69, 9.17) is 4.74 Å². The van der Waals surface area contributed by atoms with Crippen LogP contribution in [0.1, 0.15) is 21.3 Å². The van der Waals surface area contributed by atoms with Gasteiger partial charge in [-0.1, -0.05) is 24.3 Å². The minimum atomic E-state index is -0.255. The number of fused-ring (bicyclic) bond motifs is 1. The van der Waals surface area contributed by atoms with Crippen molar-refractivity contribution >= 4 is 38.8 Å². The molecule has 5 rings (SSSR count). The Kier molecular flexibility index (Phi) is 6.27. The number of morpholine rings is 1. The lowest BCUT2D eigenvalue weighted by atomic mass is 10.0. The standard InChI is InChI=1S/C24H22FN3O2S2/c25-17-7-5-16(6-8-17)19(28-11-13-30-14-12-28)15-26-23(29)21-9-10-22(31-21)24-27-18-3-1-2-4-20(18)32-24/h1-10,19H,11-15H2,(H,26,29)/p+1/t19-/m1/s1. The Balaban J connectivity index is 1.30. The van der Waals surface area contributed by atoms with Crippen LogP contribution >= 0.6 is 22.7 Å². The molecule has 32 heavy (non-hydrogen) atoms. The van der Waals surface area contributed by atoms with Crippen LogP contribution in [0.3, 0.4) is 0 Å². The van der Waals surface area contributed by atoms with Crippen LogP contribution in [-0.4, -0.2) is 43.7 Å². The van der Waals surface area contributed by atoms with Gasteiger partial charge < -0.3 is 15.0 Å². The number of halogens is 1. The zero-order valence-corrected chi connectivity index (χ0v) is 19.0. The highest BCUT2D eigenvalue weighted by atomic mass is 32.1. The summed E-state index contributed by atoms with van der Waals surface area (Å²) in [7, 11) is 0. The van der Waals surface area contributed by atoms with E-state index in [-0.39, 0.29) is 17.8 Å². The third-order valence-electron chi connectivity index (χ3n) is 5.70. The first kappa shape index (κ1) is 21.2. The zero-order valence-electron chi connectivity index (χ0n) is 17.3. The van der Waals surface area contributed by atoms with Crippen molar-refractivity contribution in [3.05, 3.63) is 76.9 Å². The van der Waals surface area contributed by atoms with E-state index in [9.17, 15) is 9.18 Å². The third-order valence-corrected chi connectivity index (χ3v) is 7.99. The highest BCUT2D eigenvalue weighted by Gasteiger charge is 2.27. The number of quaternary nitrogens is 1. The average Bonchev–Trinajstić information content (AvgIpc) is 3.48. The summed E-state index contributed by atoms with van der Waals surface area (Å²) in [6, 6.07) is 18.5. The Labute approximate surface area is 193 Å². The molecule has 1 atom stereocenters. The van der Waals surface area contributed by atoms with E-state index in [2.05, 4.69) is 16.4 Å². The molecule has 3 heterocycles. The lowest BCUT2D eigenvalue weighted by molar-refractivity contribution is -0.937. The molecule has 8 heteroatoms. The lowest BCUT2D eigenvalue weighted by Gasteiger charge is -2.32. The van der Waals surface area contributed by atoms with Gasteiger partial charge in [-0.25, -0.2) is 9.37 Å². The second kappa shape index (κ2) is 9.46. The summed E-state index contributed by atoms with van der Waals surface area (Å²) < 4.78 is 20.1. The van der Waals surface area contributed by atoms with Crippen molar-refractivity contribution in [2.75, 3.05) is 32.8 Å². The first-order valence-electron chi connectivity index (χ1n) is 10.6. The Bertz CT molecular complexity index is 1180. The number of amides is 1. The fourth-order valence-corrected chi connectivity index (χ4v) is 5.95. The van der Waals surface area contributed by atoms with Gasteiger partial charge in [-0.2, -0.15) is 0 Å². The number of rotatable bonds is 6. The first-order chi connectivity index (χ1) is 15.7. The van der Waals surface area contributed by atoms with Gasteiger partial charge in [0.05, 0.1) is 39.7 Å². The van der Waals surface area contributed by atoms with Crippen molar-refractivity contribution in [3.63, 3.8) is 0 Å². The van der Waals surface area contributed by atoms with E-state index in [0.29, 0.717) is 24.6 Å². The van der Waals surface area contributed by atoms with Crippen LogP contribution in [0.2, 0.25) is 0 Å². The maximum atomic E-state index is 13.4. The van der Waals surface area contributed by atoms with Crippen LogP contribution in [0, 0.1) is 5.82 Å². The molecule has 1 saturated heterocycles. The number of nitrogens with zero attached hydrogens (tertiary/aromatic N) is 1. The molecular weight excluding hydrogens is 445 g/mol. The van der Waals surface area contributed by atoms with E-state index >= 15 is 0 Å². The van der Waals surface area contributed by atoms with Crippen molar-refractivity contribution in [3.8, 4) is 9.88 Å². The van der Waals surface area contributed by atoms with Crippen LogP contribution in [0.15, 0.2) is 60.7 Å². The number of nitrogens with one attached hydrogen (secondary N) is 2. The largest absolute Gasteiger partial charge is 0.370 e. The number of ether oxygens (including phenoxy) is 1. The van der Waals surface area contributed by atoms with Gasteiger partial charge in [-0.3, -0.25) is 4.79 Å². The van der Waals surface area contributed by atoms with Crippen molar-refractivity contribution in [2.24, 2.45) is 0 Å². The summed E-state index contributed by atoms with van der Waals surface area (Å²) in [6.07, 6.45) is 0. The highest BCUT2D eigenvalue weighted by Crippen LogP contribution is 2.34. The quantitative estimate of drug-likeness (QED) is 0.455. The second-order valence-corrected chi connectivity index (χ2v) is 9.85. The second-order valence-electron chi connectivity index (χ2n) is 7.74. The summed E-state index contributed by atoms with van der Waals surface area (Å²) >= 11 is 3.09. The monoisotopic (exact) mass is 468 g/mol. The van der Waals surface area contributed by atoms with Gasteiger partial charge in [0.2, 0.25) is 0 Å². The number of thiophene rings is 1. The highest BCUT2D eigenvalue weighted by molar-refractivity contribution is 7.26. The molecule has 1 aliphatic rings. The molecule has 2 aromatic carbocycles. The average molecular weight is 469 g/mol. The van der Waals surface area contributed by atoms with E-state index < -0.39 is 0 Å². The van der Waals surface area contributed by atoms with Gasteiger partial charge in [0.15, 0.2) is 0 Å². The van der Waals surface area contributed by atoms with Gasteiger partial charge in [0, 0.05) is 5.56 Å². The topological polar surface area (TPSA) is 55.7 Å². The van der Waals surface area contributed by atoms with Crippen LogP contribution in [0.25, 0.3) is 20.1 Å². The van der Waals surface area contributed by atoms with E-state index in [0.717, 1.165) is 38.8 Å². The predicted octanol–water partition coefficient (Wildman–Crippen LogP) is 3.55. The molecule has 1 fully saturated rings. The first-order valence-corrected chi connectivity index (χ1v) is 12.2. The molecule has 0 radical (unpaired) electrons. The molecule has 4 aromatic rings. The Morgan fingerprint density at radius 1 is 1.06 bits per heavy atom. The minimum absolute atomic E-state index is 0.0483. The summed E-state index contributed by atoms with van der Waals surface area (Å²) in [6.45, 7) is 3.58. The summed E-state index contributed by atoms with van der Waals surface area (Å²) in [5.41, 5.74) is 1.99. The molecular formula is C24H23FN3O2S2+. The van der Waals surface area contributed by atoms with Gasteiger partial charge in [-0.15, -0.1) is 22.7 Å².